The molecule has 0 aliphatic carbocycles. The molecular weight excluding hydrogens is 516 g/mol. The van der Waals surface area contributed by atoms with Crippen LogP contribution in [0.2, 0.25) is 0 Å². The van der Waals surface area contributed by atoms with E-state index in [1.807, 2.05) is 52.0 Å². The summed E-state index contributed by atoms with van der Waals surface area (Å²) in [7, 11) is -2.53. The SMILES string of the molecule is COc1ccc(S(=O)(=O)N(CC(=O)N[C@H](C)c2ccc(C)cc2C)c2ccc(C)cc2)cc1Br. The molecule has 1 atom stereocenters. The maximum Gasteiger partial charge on any atom is 0.264 e. The second-order valence-electron chi connectivity index (χ2n) is 8.29. The summed E-state index contributed by atoms with van der Waals surface area (Å²) in [5, 5.41) is 2.95. The molecule has 3 aromatic rings. The number of benzene rings is 3. The highest BCUT2D eigenvalue weighted by atomic mass is 79.9. The van der Waals surface area contributed by atoms with Gasteiger partial charge in [0, 0.05) is 0 Å². The Balaban J connectivity index is 1.92. The number of ether oxygens (including phenoxy) is 1. The van der Waals surface area contributed by atoms with Gasteiger partial charge in [0.1, 0.15) is 12.3 Å². The summed E-state index contributed by atoms with van der Waals surface area (Å²) < 4.78 is 34.1. The van der Waals surface area contributed by atoms with Crippen LogP contribution in [0, 0.1) is 20.8 Å². The highest BCUT2D eigenvalue weighted by molar-refractivity contribution is 9.10. The van der Waals surface area contributed by atoms with Crippen molar-refractivity contribution >= 4 is 37.5 Å². The summed E-state index contributed by atoms with van der Waals surface area (Å²) >= 11 is 3.35. The van der Waals surface area contributed by atoms with Gasteiger partial charge in [-0.1, -0.05) is 41.5 Å². The Morgan fingerprint density at radius 2 is 1.65 bits per heavy atom. The highest BCUT2D eigenvalue weighted by Gasteiger charge is 2.28. The molecule has 0 aromatic heterocycles. The van der Waals surface area contributed by atoms with E-state index in [1.54, 1.807) is 18.2 Å². The van der Waals surface area contributed by atoms with Crippen LogP contribution in [0.3, 0.4) is 0 Å². The fourth-order valence-corrected chi connectivity index (χ4v) is 5.91. The quantitative estimate of drug-likeness (QED) is 0.408. The Kier molecular flexibility index (Phi) is 8.05. The molecule has 0 aliphatic heterocycles. The topological polar surface area (TPSA) is 75.7 Å². The summed E-state index contributed by atoms with van der Waals surface area (Å²) in [6, 6.07) is 17.3. The first kappa shape index (κ1) is 25.8. The number of hydrogen-bond donors (Lipinski definition) is 1. The van der Waals surface area contributed by atoms with Crippen LogP contribution in [0.15, 0.2) is 70.0 Å². The third kappa shape index (κ3) is 5.80. The molecule has 0 saturated heterocycles. The lowest BCUT2D eigenvalue weighted by Crippen LogP contribution is -2.41. The van der Waals surface area contributed by atoms with Gasteiger partial charge in [-0.25, -0.2) is 8.42 Å². The van der Waals surface area contributed by atoms with Crippen molar-refractivity contribution in [3.05, 3.63) is 87.4 Å². The average molecular weight is 545 g/mol. The predicted molar refractivity (Wildman–Crippen MR) is 139 cm³/mol. The van der Waals surface area contributed by atoms with Gasteiger partial charge in [0.25, 0.3) is 10.0 Å². The average Bonchev–Trinajstić information content (AvgIpc) is 2.78. The summed E-state index contributed by atoms with van der Waals surface area (Å²) in [6.45, 7) is 7.46. The van der Waals surface area contributed by atoms with Crippen molar-refractivity contribution in [2.45, 2.75) is 38.6 Å². The Hall–Kier alpha value is -2.84. The van der Waals surface area contributed by atoms with Crippen LogP contribution >= 0.6 is 15.9 Å². The van der Waals surface area contributed by atoms with Crippen molar-refractivity contribution in [3.8, 4) is 5.75 Å². The van der Waals surface area contributed by atoms with Gasteiger partial charge >= 0.3 is 0 Å². The van der Waals surface area contributed by atoms with E-state index in [2.05, 4.69) is 27.3 Å². The van der Waals surface area contributed by atoms with Crippen molar-refractivity contribution in [1.29, 1.82) is 0 Å². The fraction of sp³-hybridized carbons (Fsp3) is 0.269. The molecule has 6 nitrogen and oxygen atoms in total. The minimum atomic E-state index is -4.04. The zero-order valence-corrected chi connectivity index (χ0v) is 22.3. The number of carbonyl (C=O) groups is 1. The van der Waals surface area contributed by atoms with Gasteiger partial charge in [-0.05, 0) is 85.1 Å². The number of aryl methyl sites for hydroxylation is 3. The lowest BCUT2D eigenvalue weighted by atomic mass is 10.0. The molecule has 0 heterocycles. The van der Waals surface area contributed by atoms with Crippen LogP contribution in [-0.2, 0) is 14.8 Å². The van der Waals surface area contributed by atoms with Gasteiger partial charge in [-0.2, -0.15) is 0 Å². The van der Waals surface area contributed by atoms with Crippen molar-refractivity contribution in [3.63, 3.8) is 0 Å². The van der Waals surface area contributed by atoms with E-state index in [0.29, 0.717) is 15.9 Å². The zero-order valence-electron chi connectivity index (χ0n) is 19.9. The molecule has 1 amide bonds. The number of nitrogens with one attached hydrogen (secondary N) is 1. The molecule has 34 heavy (non-hydrogen) atoms. The Labute approximate surface area is 210 Å². The maximum atomic E-state index is 13.6. The summed E-state index contributed by atoms with van der Waals surface area (Å²) in [5.41, 5.74) is 4.59. The molecule has 0 aliphatic rings. The molecule has 180 valence electrons. The van der Waals surface area contributed by atoms with Crippen molar-refractivity contribution in [2.75, 3.05) is 18.0 Å². The van der Waals surface area contributed by atoms with Crippen molar-refractivity contribution in [2.24, 2.45) is 0 Å². The third-order valence-corrected chi connectivity index (χ3v) is 7.98. The number of carbonyl (C=O) groups excluding carboxylic acids is 1. The molecular formula is C26H29BrN2O4S. The number of anilines is 1. The van der Waals surface area contributed by atoms with Crippen LogP contribution in [0.4, 0.5) is 5.69 Å². The monoisotopic (exact) mass is 544 g/mol. The van der Waals surface area contributed by atoms with Gasteiger partial charge in [-0.3, -0.25) is 9.10 Å². The summed E-state index contributed by atoms with van der Waals surface area (Å²) in [6.07, 6.45) is 0. The van der Waals surface area contributed by atoms with E-state index < -0.39 is 15.9 Å². The van der Waals surface area contributed by atoms with E-state index in [9.17, 15) is 13.2 Å². The number of hydrogen-bond acceptors (Lipinski definition) is 4. The second-order valence-corrected chi connectivity index (χ2v) is 11.0. The van der Waals surface area contributed by atoms with Gasteiger partial charge < -0.3 is 10.1 Å². The van der Waals surface area contributed by atoms with Crippen LogP contribution in [-0.4, -0.2) is 28.0 Å². The molecule has 0 radical (unpaired) electrons. The molecule has 1 N–H and O–H groups in total. The minimum Gasteiger partial charge on any atom is -0.496 e. The van der Waals surface area contributed by atoms with Crippen LogP contribution < -0.4 is 14.4 Å². The first-order valence-electron chi connectivity index (χ1n) is 10.8. The molecule has 0 bridgehead atoms. The molecule has 8 heteroatoms. The molecule has 0 fully saturated rings. The standard InChI is InChI=1S/C26H29BrN2O4S/c1-17-6-9-21(10-7-17)29(34(31,32)22-11-13-25(33-5)24(27)15-22)16-26(30)28-20(4)23-12-8-18(2)14-19(23)3/h6-15,20H,16H2,1-5H3,(H,28,30)/t20-/m1/s1. The molecule has 0 saturated carbocycles. The number of sulfonamides is 1. The second kappa shape index (κ2) is 10.6. The maximum absolute atomic E-state index is 13.6. The summed E-state index contributed by atoms with van der Waals surface area (Å²) in [4.78, 5) is 13.1. The Bertz CT molecular complexity index is 1290. The van der Waals surface area contributed by atoms with Crippen molar-refractivity contribution < 1.29 is 17.9 Å². The van der Waals surface area contributed by atoms with Gasteiger partial charge in [0.05, 0.1) is 28.2 Å². The number of rotatable bonds is 8. The highest BCUT2D eigenvalue weighted by Crippen LogP contribution is 2.31. The Morgan fingerprint density at radius 1 is 1.00 bits per heavy atom. The van der Waals surface area contributed by atoms with Gasteiger partial charge in [0.15, 0.2) is 0 Å². The van der Waals surface area contributed by atoms with E-state index in [4.69, 9.17) is 4.74 Å². The van der Waals surface area contributed by atoms with E-state index in [1.165, 1.54) is 19.2 Å². The predicted octanol–water partition coefficient (Wildman–Crippen LogP) is 5.46. The smallest absolute Gasteiger partial charge is 0.264 e. The number of nitrogens with zero attached hydrogens (tertiary/aromatic N) is 1. The summed E-state index contributed by atoms with van der Waals surface area (Å²) in [5.74, 6) is 0.116. The first-order chi connectivity index (χ1) is 16.0. The van der Waals surface area contributed by atoms with Crippen LogP contribution in [0.5, 0.6) is 5.75 Å². The van der Waals surface area contributed by atoms with E-state index in [-0.39, 0.29) is 17.5 Å². The number of amides is 1. The normalized spacial score (nSPS) is 12.2. The third-order valence-electron chi connectivity index (χ3n) is 5.59. The first-order valence-corrected chi connectivity index (χ1v) is 13.1. The molecule has 0 unspecified atom stereocenters. The largest absolute Gasteiger partial charge is 0.496 e. The minimum absolute atomic E-state index is 0.0518. The van der Waals surface area contributed by atoms with E-state index in [0.717, 1.165) is 26.6 Å². The van der Waals surface area contributed by atoms with Gasteiger partial charge in [0.2, 0.25) is 5.91 Å². The lowest BCUT2D eigenvalue weighted by Gasteiger charge is -2.26. The molecule has 0 spiro atoms. The van der Waals surface area contributed by atoms with E-state index >= 15 is 0 Å². The molecule has 3 rings (SSSR count). The number of methoxy groups -OCH3 is 1. The van der Waals surface area contributed by atoms with Crippen LogP contribution in [0.1, 0.15) is 35.2 Å². The van der Waals surface area contributed by atoms with Crippen molar-refractivity contribution in [1.82, 2.24) is 5.32 Å². The molecule has 3 aromatic carbocycles. The fourth-order valence-electron chi connectivity index (χ4n) is 3.77. The lowest BCUT2D eigenvalue weighted by molar-refractivity contribution is -0.120. The van der Waals surface area contributed by atoms with Crippen LogP contribution in [0.25, 0.3) is 0 Å². The Morgan fingerprint density at radius 3 is 2.24 bits per heavy atom. The number of halogens is 1. The van der Waals surface area contributed by atoms with Gasteiger partial charge in [-0.15, -0.1) is 0 Å². The zero-order chi connectivity index (χ0) is 25.0.